The highest BCUT2D eigenvalue weighted by atomic mass is 127. The molecule has 0 spiro atoms. The lowest BCUT2D eigenvalue weighted by molar-refractivity contribution is 0.192. The topological polar surface area (TPSA) is 39.7 Å². The van der Waals surface area contributed by atoms with Gasteiger partial charge in [0, 0.05) is 25.7 Å². The number of hydrogen-bond acceptors (Lipinski definition) is 2. The molecule has 0 amide bonds. The zero-order valence-corrected chi connectivity index (χ0v) is 16.2. The molecule has 1 unspecified atom stereocenters. The Morgan fingerprint density at radius 2 is 1.76 bits per heavy atom. The second-order valence-electron chi connectivity index (χ2n) is 6.63. The van der Waals surface area contributed by atoms with E-state index in [1.807, 2.05) is 7.05 Å². The molecule has 5 heteroatoms. The van der Waals surface area contributed by atoms with Crippen molar-refractivity contribution in [2.45, 2.75) is 64.5 Å². The number of hydrogen-bond donors (Lipinski definition) is 2. The maximum atomic E-state index is 4.39. The largest absolute Gasteiger partial charge is 0.355 e. The van der Waals surface area contributed by atoms with Gasteiger partial charge in [-0.3, -0.25) is 9.89 Å². The predicted molar refractivity (Wildman–Crippen MR) is 102 cm³/mol. The van der Waals surface area contributed by atoms with Crippen LogP contribution in [-0.2, 0) is 0 Å². The Morgan fingerprint density at radius 3 is 2.29 bits per heavy atom. The van der Waals surface area contributed by atoms with Crippen molar-refractivity contribution >= 4 is 29.9 Å². The molecule has 2 aliphatic rings. The van der Waals surface area contributed by atoms with Gasteiger partial charge in [0.05, 0.1) is 0 Å². The van der Waals surface area contributed by atoms with Crippen molar-refractivity contribution in [1.29, 1.82) is 0 Å². The number of halogens is 1. The number of likely N-dealkylation sites (tertiary alicyclic amines) is 1. The summed E-state index contributed by atoms with van der Waals surface area (Å²) >= 11 is 0. The third-order valence-corrected chi connectivity index (χ3v) is 4.78. The Bertz CT molecular complexity index is 307. The van der Waals surface area contributed by atoms with Gasteiger partial charge in [-0.05, 0) is 44.7 Å². The van der Waals surface area contributed by atoms with Crippen LogP contribution in [0.3, 0.4) is 0 Å². The molecule has 2 N–H and O–H groups in total. The summed E-state index contributed by atoms with van der Waals surface area (Å²) in [5.41, 5.74) is 0. The van der Waals surface area contributed by atoms with Gasteiger partial charge in [-0.2, -0.15) is 0 Å². The van der Waals surface area contributed by atoms with Crippen molar-refractivity contribution in [2.24, 2.45) is 10.9 Å². The molecule has 1 saturated heterocycles. The summed E-state index contributed by atoms with van der Waals surface area (Å²) in [5.74, 6) is 1.67. The van der Waals surface area contributed by atoms with Gasteiger partial charge in [-0.25, -0.2) is 0 Å². The molecule has 1 atom stereocenters. The minimum absolute atomic E-state index is 0. The molecule has 0 bridgehead atoms. The molecule has 1 saturated carbocycles. The van der Waals surface area contributed by atoms with E-state index in [0.29, 0.717) is 18.0 Å². The number of rotatable bonds is 5. The van der Waals surface area contributed by atoms with Crippen LogP contribution in [0.1, 0.15) is 52.4 Å². The highest BCUT2D eigenvalue weighted by Gasteiger charge is 2.25. The van der Waals surface area contributed by atoms with E-state index in [-0.39, 0.29) is 24.0 Å². The SMILES string of the molecule is CN=C(NCC(C(C)C)N1CCCC1)NC1CCCC1.I. The summed E-state index contributed by atoms with van der Waals surface area (Å²) in [6.45, 7) is 8.19. The summed E-state index contributed by atoms with van der Waals surface area (Å²) in [5, 5.41) is 7.12. The molecular weight excluding hydrogens is 375 g/mol. The average molecular weight is 408 g/mol. The van der Waals surface area contributed by atoms with E-state index in [4.69, 9.17) is 0 Å². The monoisotopic (exact) mass is 408 g/mol. The fourth-order valence-electron chi connectivity index (χ4n) is 3.52. The van der Waals surface area contributed by atoms with E-state index in [1.54, 1.807) is 0 Å². The smallest absolute Gasteiger partial charge is 0.191 e. The first-order chi connectivity index (χ1) is 9.70. The summed E-state index contributed by atoms with van der Waals surface area (Å²) in [7, 11) is 1.88. The van der Waals surface area contributed by atoms with E-state index in [0.717, 1.165) is 12.5 Å². The van der Waals surface area contributed by atoms with Gasteiger partial charge < -0.3 is 10.6 Å². The summed E-state index contributed by atoms with van der Waals surface area (Å²) in [6.07, 6.45) is 8.02. The third kappa shape index (κ3) is 5.93. The lowest BCUT2D eigenvalue weighted by atomic mass is 10.0. The van der Waals surface area contributed by atoms with Gasteiger partial charge in [-0.1, -0.05) is 26.7 Å². The van der Waals surface area contributed by atoms with Crippen LogP contribution in [0.2, 0.25) is 0 Å². The summed E-state index contributed by atoms with van der Waals surface area (Å²) < 4.78 is 0. The highest BCUT2D eigenvalue weighted by Crippen LogP contribution is 2.18. The summed E-state index contributed by atoms with van der Waals surface area (Å²) in [6, 6.07) is 1.25. The van der Waals surface area contributed by atoms with Crippen molar-refractivity contribution in [1.82, 2.24) is 15.5 Å². The van der Waals surface area contributed by atoms with Crippen LogP contribution < -0.4 is 10.6 Å². The number of nitrogens with one attached hydrogen (secondary N) is 2. The molecule has 0 aromatic heterocycles. The molecule has 2 rings (SSSR count). The minimum atomic E-state index is 0. The van der Waals surface area contributed by atoms with Gasteiger partial charge in [-0.15, -0.1) is 24.0 Å². The Labute approximate surface area is 147 Å². The molecule has 0 radical (unpaired) electrons. The molecule has 124 valence electrons. The molecule has 21 heavy (non-hydrogen) atoms. The fourth-order valence-corrected chi connectivity index (χ4v) is 3.52. The number of aliphatic imine (C=N–C) groups is 1. The van der Waals surface area contributed by atoms with Gasteiger partial charge in [0.2, 0.25) is 0 Å². The van der Waals surface area contributed by atoms with Crippen LogP contribution in [0.5, 0.6) is 0 Å². The maximum absolute atomic E-state index is 4.39. The molecular formula is C16H33IN4. The van der Waals surface area contributed by atoms with Crippen LogP contribution >= 0.6 is 24.0 Å². The van der Waals surface area contributed by atoms with Crippen LogP contribution in [0, 0.1) is 5.92 Å². The van der Waals surface area contributed by atoms with Gasteiger partial charge >= 0.3 is 0 Å². The zero-order chi connectivity index (χ0) is 14.4. The normalized spacial score (nSPS) is 22.4. The van der Waals surface area contributed by atoms with E-state index in [1.165, 1.54) is 51.6 Å². The zero-order valence-electron chi connectivity index (χ0n) is 13.9. The quantitative estimate of drug-likeness (QED) is 0.418. The molecule has 4 nitrogen and oxygen atoms in total. The van der Waals surface area contributed by atoms with E-state index >= 15 is 0 Å². The van der Waals surface area contributed by atoms with Gasteiger partial charge in [0.25, 0.3) is 0 Å². The molecule has 2 fully saturated rings. The second kappa shape index (κ2) is 9.87. The highest BCUT2D eigenvalue weighted by molar-refractivity contribution is 14.0. The lowest BCUT2D eigenvalue weighted by Crippen LogP contribution is -2.50. The Balaban J connectivity index is 0.00000220. The Morgan fingerprint density at radius 1 is 1.14 bits per heavy atom. The number of guanidine groups is 1. The third-order valence-electron chi connectivity index (χ3n) is 4.78. The molecule has 1 aliphatic carbocycles. The Hall–Kier alpha value is -0.0400. The molecule has 0 aromatic rings. The van der Waals surface area contributed by atoms with Crippen molar-refractivity contribution in [3.05, 3.63) is 0 Å². The van der Waals surface area contributed by atoms with Crippen LogP contribution in [0.15, 0.2) is 4.99 Å². The van der Waals surface area contributed by atoms with E-state index in [2.05, 4.69) is 34.4 Å². The van der Waals surface area contributed by atoms with Crippen molar-refractivity contribution in [3.8, 4) is 0 Å². The van der Waals surface area contributed by atoms with E-state index in [9.17, 15) is 0 Å². The van der Waals surface area contributed by atoms with Crippen LogP contribution in [0.4, 0.5) is 0 Å². The minimum Gasteiger partial charge on any atom is -0.355 e. The summed E-state index contributed by atoms with van der Waals surface area (Å²) in [4.78, 5) is 7.02. The van der Waals surface area contributed by atoms with Crippen LogP contribution in [0.25, 0.3) is 0 Å². The lowest BCUT2D eigenvalue weighted by Gasteiger charge is -2.31. The first kappa shape index (κ1) is 19.0. The van der Waals surface area contributed by atoms with Crippen LogP contribution in [-0.4, -0.2) is 49.6 Å². The predicted octanol–water partition coefficient (Wildman–Crippen LogP) is 2.83. The number of nitrogens with zero attached hydrogens (tertiary/aromatic N) is 2. The molecule has 1 heterocycles. The van der Waals surface area contributed by atoms with Gasteiger partial charge in [0.1, 0.15) is 0 Å². The second-order valence-corrected chi connectivity index (χ2v) is 6.63. The van der Waals surface area contributed by atoms with Crippen molar-refractivity contribution < 1.29 is 0 Å². The molecule has 0 aromatic carbocycles. The average Bonchev–Trinajstić information content (AvgIpc) is 3.10. The fraction of sp³-hybridized carbons (Fsp3) is 0.938. The maximum Gasteiger partial charge on any atom is 0.191 e. The first-order valence-electron chi connectivity index (χ1n) is 8.42. The van der Waals surface area contributed by atoms with Gasteiger partial charge in [0.15, 0.2) is 5.96 Å². The van der Waals surface area contributed by atoms with Crippen molar-refractivity contribution in [2.75, 3.05) is 26.7 Å². The molecule has 1 aliphatic heterocycles. The Kier molecular flexibility index (Phi) is 8.94. The first-order valence-corrected chi connectivity index (χ1v) is 8.42. The standard InChI is InChI=1S/C16H32N4.HI/c1-13(2)15(20-10-6-7-11-20)12-18-16(17-3)19-14-8-4-5-9-14;/h13-15H,4-12H2,1-3H3,(H2,17,18,19);1H. The van der Waals surface area contributed by atoms with E-state index < -0.39 is 0 Å². The van der Waals surface area contributed by atoms with Crippen molar-refractivity contribution in [3.63, 3.8) is 0 Å².